The number of rotatable bonds is 8. The maximum atomic E-state index is 11.8. The van der Waals surface area contributed by atoms with Gasteiger partial charge in [-0.2, -0.15) is 0 Å². The molecule has 1 saturated carbocycles. The molecule has 1 aliphatic heterocycles. The fourth-order valence-corrected chi connectivity index (χ4v) is 3.31. The third-order valence-electron chi connectivity index (χ3n) is 4.78. The van der Waals surface area contributed by atoms with Gasteiger partial charge in [0.25, 0.3) is 0 Å². The van der Waals surface area contributed by atoms with E-state index in [1.54, 1.807) is 4.90 Å². The number of carbonyl (C=O) groups is 1. The van der Waals surface area contributed by atoms with E-state index in [9.17, 15) is 4.79 Å². The molecule has 1 saturated heterocycles. The average Bonchev–Trinajstić information content (AvgIpc) is 2.66. The lowest BCUT2D eigenvalue weighted by Gasteiger charge is -2.33. The minimum Gasteiger partial charge on any atom is -0.444 e. The fourth-order valence-electron chi connectivity index (χ4n) is 3.31. The van der Waals surface area contributed by atoms with Gasteiger partial charge in [0, 0.05) is 39.4 Å². The molecule has 0 atom stereocenters. The summed E-state index contributed by atoms with van der Waals surface area (Å²) in [6, 6.07) is 0. The van der Waals surface area contributed by atoms with Crippen molar-refractivity contribution in [1.82, 2.24) is 4.90 Å². The number of nitrogens with zero attached hydrogens (tertiary/aromatic N) is 1. The highest BCUT2D eigenvalue weighted by atomic mass is 16.6. The van der Waals surface area contributed by atoms with E-state index in [1.165, 1.54) is 19.3 Å². The third-order valence-corrected chi connectivity index (χ3v) is 4.78. The molecule has 2 N–H and O–H groups in total. The lowest BCUT2D eigenvalue weighted by molar-refractivity contribution is -0.0138. The zero-order chi connectivity index (χ0) is 25.1. The van der Waals surface area contributed by atoms with Gasteiger partial charge in [-0.3, -0.25) is 0 Å². The van der Waals surface area contributed by atoms with Crippen LogP contribution in [-0.4, -0.2) is 78.4 Å². The summed E-state index contributed by atoms with van der Waals surface area (Å²) in [5.74, 6) is 0. The van der Waals surface area contributed by atoms with Crippen LogP contribution < -0.4 is 0 Å². The average molecular weight is 422 g/mol. The van der Waals surface area contributed by atoms with Crippen molar-refractivity contribution in [3.63, 3.8) is 0 Å². The summed E-state index contributed by atoms with van der Waals surface area (Å²) in [7, 11) is 0. The number of hydrogen-bond donors (Lipinski definition) is 2. The predicted molar refractivity (Wildman–Crippen MR) is 113 cm³/mol. The summed E-state index contributed by atoms with van der Waals surface area (Å²) < 4.78 is 44.0. The van der Waals surface area contributed by atoms with Crippen LogP contribution in [0.3, 0.4) is 0 Å². The molecule has 1 aliphatic carbocycles. The van der Waals surface area contributed by atoms with Gasteiger partial charge in [-0.15, -0.1) is 0 Å². The van der Waals surface area contributed by atoms with Crippen molar-refractivity contribution in [3.05, 3.63) is 0 Å². The minimum atomic E-state index is -2.18. The summed E-state index contributed by atoms with van der Waals surface area (Å²) in [5.41, 5.74) is -0.489. The molecular formula is C22H43NO6. The van der Waals surface area contributed by atoms with Crippen LogP contribution in [0.2, 0.25) is 0 Å². The van der Waals surface area contributed by atoms with Gasteiger partial charge in [-0.1, -0.05) is 19.3 Å². The second kappa shape index (κ2) is 15.0. The predicted octanol–water partition coefficient (Wildman–Crippen LogP) is 3.50. The second-order valence-electron chi connectivity index (χ2n) is 8.48. The molecule has 0 aromatic rings. The largest absolute Gasteiger partial charge is 0.444 e. The molecule has 7 heteroatoms. The van der Waals surface area contributed by atoms with Crippen LogP contribution in [0.15, 0.2) is 0 Å². The highest BCUT2D eigenvalue weighted by Crippen LogP contribution is 2.20. The first-order valence-corrected chi connectivity index (χ1v) is 10.8. The highest BCUT2D eigenvalue weighted by molar-refractivity contribution is 5.68. The summed E-state index contributed by atoms with van der Waals surface area (Å²) in [5, 5.41) is 17.8. The lowest BCUT2D eigenvalue weighted by atomic mass is 9.98. The monoisotopic (exact) mass is 421 g/mol. The standard InChI is InChI=1S/C13H25NO4.C9H18O2/c1-13(2,3)18-12(16)14-7-5-11(6-8-14)17-10-4-9-15;10-7-4-8-11-9-5-2-1-3-6-9/h11,15H,4-10H2,1-3H3;9-10H,1-8H2/i9D2;7D2. The SMILES string of the molecule is [2H]C([2H])(O)CCOC1CCCCC1.[2H]C([2H])(O)CCOC1CCN(C(=O)OC(C)(C)C)CC1. The summed E-state index contributed by atoms with van der Waals surface area (Å²) in [4.78, 5) is 13.5. The summed E-state index contributed by atoms with van der Waals surface area (Å²) in [6.45, 7) is 2.91. The van der Waals surface area contributed by atoms with Gasteiger partial charge >= 0.3 is 6.09 Å². The van der Waals surface area contributed by atoms with Gasteiger partial charge in [0.05, 0.1) is 17.7 Å². The number of ether oxygens (including phenoxy) is 3. The van der Waals surface area contributed by atoms with Crippen LogP contribution in [0.4, 0.5) is 4.79 Å². The summed E-state index contributed by atoms with van der Waals surface area (Å²) in [6.07, 6.45) is 7.36. The molecule has 2 rings (SSSR count). The Bertz CT molecular complexity index is 549. The molecular weight excluding hydrogens is 374 g/mol. The molecule has 0 unspecified atom stereocenters. The Morgan fingerprint density at radius 1 is 0.931 bits per heavy atom. The van der Waals surface area contributed by atoms with Gasteiger partial charge in [0.1, 0.15) is 5.60 Å². The smallest absolute Gasteiger partial charge is 0.410 e. The molecule has 0 spiro atoms. The normalized spacial score (nSPS) is 21.9. The van der Waals surface area contributed by atoms with E-state index in [4.69, 9.17) is 29.9 Å². The van der Waals surface area contributed by atoms with Crippen molar-refractivity contribution in [3.8, 4) is 0 Å². The third kappa shape index (κ3) is 13.1. The van der Waals surface area contributed by atoms with Gasteiger partial charge in [-0.25, -0.2) is 4.79 Å². The second-order valence-corrected chi connectivity index (χ2v) is 8.48. The Labute approximate surface area is 182 Å². The van der Waals surface area contributed by atoms with E-state index < -0.39 is 18.7 Å². The fraction of sp³-hybridized carbons (Fsp3) is 0.955. The molecule has 29 heavy (non-hydrogen) atoms. The van der Waals surface area contributed by atoms with E-state index in [0.717, 1.165) is 12.8 Å². The lowest BCUT2D eigenvalue weighted by Crippen LogP contribution is -2.43. The molecule has 0 aromatic carbocycles. The van der Waals surface area contributed by atoms with Crippen LogP contribution in [0, 0.1) is 0 Å². The van der Waals surface area contributed by atoms with Gasteiger partial charge in [0.2, 0.25) is 0 Å². The zero-order valence-corrected chi connectivity index (χ0v) is 18.3. The molecule has 7 nitrogen and oxygen atoms in total. The van der Waals surface area contributed by atoms with E-state index >= 15 is 0 Å². The maximum absolute atomic E-state index is 11.8. The molecule has 0 aromatic heterocycles. The van der Waals surface area contributed by atoms with Crippen molar-refractivity contribution in [2.45, 2.75) is 96.4 Å². The van der Waals surface area contributed by atoms with E-state index in [2.05, 4.69) is 0 Å². The molecule has 172 valence electrons. The number of piperidine rings is 1. The molecule has 0 radical (unpaired) electrons. The number of hydrogen-bond acceptors (Lipinski definition) is 6. The van der Waals surface area contributed by atoms with Crippen LogP contribution >= 0.6 is 0 Å². The first kappa shape index (κ1) is 20.0. The van der Waals surface area contributed by atoms with Gasteiger partial charge < -0.3 is 29.3 Å². The molecule has 0 bridgehead atoms. The van der Waals surface area contributed by atoms with Crippen molar-refractivity contribution in [2.75, 3.05) is 39.4 Å². The Morgan fingerprint density at radius 2 is 1.41 bits per heavy atom. The Morgan fingerprint density at radius 3 is 1.86 bits per heavy atom. The quantitative estimate of drug-likeness (QED) is 0.624. The Balaban J connectivity index is 0.000000361. The Hall–Kier alpha value is -0.890. The maximum Gasteiger partial charge on any atom is 0.410 e. The first-order valence-electron chi connectivity index (χ1n) is 12.8. The van der Waals surface area contributed by atoms with Gasteiger partial charge in [0.15, 0.2) is 0 Å². The van der Waals surface area contributed by atoms with E-state index in [0.29, 0.717) is 38.6 Å². The molecule has 2 aliphatic rings. The van der Waals surface area contributed by atoms with Crippen molar-refractivity contribution >= 4 is 6.09 Å². The molecule has 1 heterocycles. The number of aliphatic hydroxyl groups is 2. The number of carbonyl (C=O) groups excluding carboxylic acids is 1. The van der Waals surface area contributed by atoms with E-state index in [1.807, 2.05) is 20.8 Å². The summed E-state index contributed by atoms with van der Waals surface area (Å²) >= 11 is 0. The minimum absolute atomic E-state index is 0.0102. The number of likely N-dealkylation sites (tertiary alicyclic amines) is 1. The van der Waals surface area contributed by atoms with Crippen molar-refractivity contribution in [2.24, 2.45) is 0 Å². The van der Waals surface area contributed by atoms with E-state index in [-0.39, 0.29) is 31.6 Å². The van der Waals surface area contributed by atoms with Crippen LogP contribution in [-0.2, 0) is 14.2 Å². The first-order chi connectivity index (χ1) is 15.1. The molecule has 1 amide bonds. The van der Waals surface area contributed by atoms with Crippen LogP contribution in [0.1, 0.15) is 84.0 Å². The van der Waals surface area contributed by atoms with Crippen LogP contribution in [0.5, 0.6) is 0 Å². The number of amides is 1. The highest BCUT2D eigenvalue weighted by Gasteiger charge is 2.26. The van der Waals surface area contributed by atoms with Crippen molar-refractivity contribution < 1.29 is 34.7 Å². The Kier molecular flexibility index (Phi) is 10.4. The van der Waals surface area contributed by atoms with Gasteiger partial charge in [-0.05, 0) is 59.3 Å². The topological polar surface area (TPSA) is 88.5 Å². The van der Waals surface area contributed by atoms with Crippen LogP contribution in [0.25, 0.3) is 0 Å². The molecule has 2 fully saturated rings. The zero-order valence-electron chi connectivity index (χ0n) is 22.3. The van der Waals surface area contributed by atoms with Crippen molar-refractivity contribution in [1.29, 1.82) is 0 Å².